The molecule has 2 aliphatic heterocycles. The number of carbonyl (C=O) groups is 2. The number of hydrogen-bond donors (Lipinski definition) is 2. The van der Waals surface area contributed by atoms with E-state index in [1.165, 1.54) is 10.8 Å². The van der Waals surface area contributed by atoms with Gasteiger partial charge in [-0.25, -0.2) is 19.1 Å². The maximum absolute atomic E-state index is 11.9. The van der Waals surface area contributed by atoms with Crippen molar-refractivity contribution >= 4 is 23.6 Å². The van der Waals surface area contributed by atoms with Crippen molar-refractivity contribution in [3.05, 3.63) is 24.2 Å². The van der Waals surface area contributed by atoms with E-state index in [0.29, 0.717) is 11.2 Å². The normalized spacial score (nSPS) is 30.3. The summed E-state index contributed by atoms with van der Waals surface area (Å²) in [7, 11) is 0. The minimum absolute atomic E-state index is 0.128. The van der Waals surface area contributed by atoms with Crippen molar-refractivity contribution in [2.45, 2.75) is 42.8 Å². The average molecular weight is 400 g/mol. The number of alkyl carbamates (subject to hydrolysis) is 1. The third-order valence-corrected chi connectivity index (χ3v) is 5.16. The number of hydrogen-bond acceptors (Lipinski definition) is 10. The Morgan fingerprint density at radius 3 is 3.03 bits per heavy atom. The van der Waals surface area contributed by atoms with E-state index >= 15 is 0 Å². The van der Waals surface area contributed by atoms with Gasteiger partial charge >= 0.3 is 12.2 Å². The number of amides is 1. The van der Waals surface area contributed by atoms with Gasteiger partial charge in [0.05, 0.1) is 5.69 Å². The highest BCUT2D eigenvalue weighted by Crippen LogP contribution is 2.46. The van der Waals surface area contributed by atoms with Crippen LogP contribution >= 0.6 is 0 Å². The van der Waals surface area contributed by atoms with Gasteiger partial charge in [-0.15, -0.1) is 0 Å². The molecule has 29 heavy (non-hydrogen) atoms. The predicted molar refractivity (Wildman–Crippen MR) is 92.2 cm³/mol. The molecular weight excluding hydrogens is 384 g/mol. The molecule has 12 nitrogen and oxygen atoms in total. The molecule has 3 fully saturated rings. The molecular formula is C17H16N6O6. The lowest BCUT2D eigenvalue weighted by Gasteiger charge is -2.24. The molecule has 1 aliphatic carbocycles. The van der Waals surface area contributed by atoms with Gasteiger partial charge in [0.2, 0.25) is 5.60 Å². The first kappa shape index (κ1) is 17.5. The second kappa shape index (κ2) is 6.21. The summed E-state index contributed by atoms with van der Waals surface area (Å²) >= 11 is 0. The summed E-state index contributed by atoms with van der Waals surface area (Å²) in [5.41, 5.74) is 4.89. The van der Waals surface area contributed by atoms with E-state index in [1.54, 1.807) is 12.1 Å². The number of ether oxygens (including phenoxy) is 4. The Morgan fingerprint density at radius 2 is 2.28 bits per heavy atom. The Labute approximate surface area is 163 Å². The first-order chi connectivity index (χ1) is 14.0. The standard InChI is InChI=1S/C17H16N6O6/c18-6-17(11-4-3-9-14(19)20-7-21-23(9)11)13-12(27-16(25)28-13)10(29-17)5-26-15(24)22-8-1-2-8/h3-4,7-8,10,12-13H,1-2,5H2,(H,22,24)(H2,19,20,21)/t10-,12-,13-,17+/m1/s1. The molecule has 0 spiro atoms. The van der Waals surface area contributed by atoms with Crippen LogP contribution in [0, 0.1) is 11.3 Å². The summed E-state index contributed by atoms with van der Waals surface area (Å²) in [5.74, 6) is 0.213. The fourth-order valence-corrected chi connectivity index (χ4v) is 3.64. The molecule has 150 valence electrons. The zero-order valence-corrected chi connectivity index (χ0v) is 15.0. The fourth-order valence-electron chi connectivity index (χ4n) is 3.64. The van der Waals surface area contributed by atoms with E-state index in [4.69, 9.17) is 24.7 Å². The van der Waals surface area contributed by atoms with Crippen LogP contribution in [0.2, 0.25) is 0 Å². The Balaban J connectivity index is 1.47. The average Bonchev–Trinajstić information content (AvgIpc) is 3.13. The number of nitrogens with two attached hydrogens (primary N) is 1. The monoisotopic (exact) mass is 400 g/mol. The van der Waals surface area contributed by atoms with E-state index < -0.39 is 36.2 Å². The quantitative estimate of drug-likeness (QED) is 0.679. The molecule has 2 saturated heterocycles. The molecule has 2 aromatic heterocycles. The largest absolute Gasteiger partial charge is 0.509 e. The molecule has 4 atom stereocenters. The number of carbonyl (C=O) groups excluding carboxylic acids is 2. The van der Waals surface area contributed by atoms with Gasteiger partial charge in [-0.3, -0.25) is 0 Å². The van der Waals surface area contributed by atoms with Crippen LogP contribution in [-0.2, 0) is 24.5 Å². The lowest BCUT2D eigenvalue weighted by Crippen LogP contribution is -2.39. The van der Waals surface area contributed by atoms with Crippen molar-refractivity contribution in [1.82, 2.24) is 19.9 Å². The van der Waals surface area contributed by atoms with Gasteiger partial charge in [0.15, 0.2) is 18.0 Å². The van der Waals surface area contributed by atoms with Crippen LogP contribution in [0.25, 0.3) is 5.52 Å². The Kier molecular flexibility index (Phi) is 3.75. The molecule has 2 aromatic rings. The number of rotatable bonds is 4. The highest BCUT2D eigenvalue weighted by atomic mass is 16.8. The number of nitrogens with zero attached hydrogens (tertiary/aromatic N) is 4. The molecule has 0 radical (unpaired) electrons. The van der Waals surface area contributed by atoms with E-state index in [2.05, 4.69) is 21.5 Å². The lowest BCUT2D eigenvalue weighted by atomic mass is 9.92. The second-order valence-corrected chi connectivity index (χ2v) is 7.05. The van der Waals surface area contributed by atoms with Crippen molar-refractivity contribution < 1.29 is 28.5 Å². The minimum Gasteiger partial charge on any atom is -0.447 e. The SMILES string of the molecule is N#C[C@@]1(c2ccc3c(N)ncnn23)O[C@H](COC(=O)NC2CC2)[C@H]2OC(=O)O[C@H]21. The van der Waals surface area contributed by atoms with Crippen molar-refractivity contribution in [2.24, 2.45) is 0 Å². The molecule has 4 heterocycles. The van der Waals surface area contributed by atoms with Crippen LogP contribution in [0.5, 0.6) is 0 Å². The predicted octanol–water partition coefficient (Wildman–Crippen LogP) is 0.222. The fraction of sp³-hybridized carbons (Fsp3) is 0.471. The minimum atomic E-state index is -1.73. The Hall–Kier alpha value is -3.59. The maximum atomic E-state index is 11.9. The van der Waals surface area contributed by atoms with Crippen LogP contribution < -0.4 is 11.1 Å². The Bertz CT molecular complexity index is 1040. The summed E-state index contributed by atoms with van der Waals surface area (Å²) in [6.07, 6.45) is -1.37. The number of fused-ring (bicyclic) bond motifs is 2. The summed E-state index contributed by atoms with van der Waals surface area (Å²) in [5, 5.41) is 16.9. The summed E-state index contributed by atoms with van der Waals surface area (Å²) in [4.78, 5) is 27.6. The lowest BCUT2D eigenvalue weighted by molar-refractivity contribution is -0.0829. The maximum Gasteiger partial charge on any atom is 0.509 e. The molecule has 0 bridgehead atoms. The van der Waals surface area contributed by atoms with Gasteiger partial charge in [0.25, 0.3) is 0 Å². The number of nitriles is 1. The van der Waals surface area contributed by atoms with Gasteiger partial charge in [-0.2, -0.15) is 10.4 Å². The van der Waals surface area contributed by atoms with E-state index in [-0.39, 0.29) is 18.5 Å². The van der Waals surface area contributed by atoms with Crippen molar-refractivity contribution in [3.8, 4) is 6.07 Å². The van der Waals surface area contributed by atoms with Gasteiger partial charge in [0.1, 0.15) is 30.6 Å². The summed E-state index contributed by atoms with van der Waals surface area (Å²) in [6.45, 7) is -0.222. The number of aromatic nitrogens is 3. The van der Waals surface area contributed by atoms with Gasteiger partial charge in [0, 0.05) is 6.04 Å². The first-order valence-electron chi connectivity index (χ1n) is 9.00. The van der Waals surface area contributed by atoms with Gasteiger partial charge in [-0.05, 0) is 25.0 Å². The van der Waals surface area contributed by atoms with Crippen LogP contribution in [0.3, 0.4) is 0 Å². The van der Waals surface area contributed by atoms with Crippen LogP contribution in [0.4, 0.5) is 15.4 Å². The topological polar surface area (TPSA) is 163 Å². The third-order valence-electron chi connectivity index (χ3n) is 5.16. The highest BCUT2D eigenvalue weighted by molar-refractivity contribution is 5.68. The summed E-state index contributed by atoms with van der Waals surface area (Å²) in [6, 6.07) is 5.44. The molecule has 0 unspecified atom stereocenters. The summed E-state index contributed by atoms with van der Waals surface area (Å²) < 4.78 is 23.0. The van der Waals surface area contributed by atoms with Crippen molar-refractivity contribution in [2.75, 3.05) is 12.3 Å². The molecule has 0 aromatic carbocycles. The molecule has 3 aliphatic rings. The van der Waals surface area contributed by atoms with Crippen molar-refractivity contribution in [1.29, 1.82) is 5.26 Å². The van der Waals surface area contributed by atoms with Crippen LogP contribution in [0.1, 0.15) is 18.5 Å². The van der Waals surface area contributed by atoms with E-state index in [9.17, 15) is 14.9 Å². The van der Waals surface area contributed by atoms with Crippen LogP contribution in [0.15, 0.2) is 18.5 Å². The molecule has 12 heteroatoms. The van der Waals surface area contributed by atoms with E-state index in [1.807, 2.05) is 0 Å². The zero-order valence-electron chi connectivity index (χ0n) is 15.0. The number of nitrogens with one attached hydrogen (secondary N) is 1. The smallest absolute Gasteiger partial charge is 0.447 e. The first-order valence-corrected chi connectivity index (χ1v) is 9.00. The third kappa shape index (κ3) is 2.70. The number of anilines is 1. The van der Waals surface area contributed by atoms with Gasteiger partial charge < -0.3 is 30.0 Å². The molecule has 1 amide bonds. The van der Waals surface area contributed by atoms with Crippen LogP contribution in [-0.4, -0.2) is 57.8 Å². The van der Waals surface area contributed by atoms with Gasteiger partial charge in [-0.1, -0.05) is 0 Å². The molecule has 3 N–H and O–H groups in total. The zero-order chi connectivity index (χ0) is 20.2. The Morgan fingerprint density at radius 1 is 1.45 bits per heavy atom. The van der Waals surface area contributed by atoms with E-state index in [0.717, 1.165) is 12.8 Å². The second-order valence-electron chi connectivity index (χ2n) is 7.05. The number of nitrogen functional groups attached to an aromatic ring is 1. The molecule has 1 saturated carbocycles. The highest BCUT2D eigenvalue weighted by Gasteiger charge is 2.65. The van der Waals surface area contributed by atoms with Crippen molar-refractivity contribution in [3.63, 3.8) is 0 Å². The molecule has 5 rings (SSSR count).